The SMILES string of the molecule is C[C@]1(O)C[C@@H](O)[C@@H]2C=CO[C@@H](O[C@@H]3O[C@@H](CO)[C@H](O)[C@@H](O)[C@@H]3O)[C@@H]21. The maximum absolute atomic E-state index is 10.5. The maximum Gasteiger partial charge on any atom is 0.207 e. The second kappa shape index (κ2) is 6.50. The third kappa shape index (κ3) is 2.95. The molecule has 0 aromatic rings. The van der Waals surface area contributed by atoms with Crippen LogP contribution in [0.5, 0.6) is 0 Å². The Bertz CT molecular complexity index is 480. The first-order valence-electron chi connectivity index (χ1n) is 7.95. The molecule has 6 N–H and O–H groups in total. The van der Waals surface area contributed by atoms with Gasteiger partial charge in [0.2, 0.25) is 6.29 Å². The number of hydrogen-bond donors (Lipinski definition) is 6. The quantitative estimate of drug-likeness (QED) is 0.323. The minimum atomic E-state index is -1.56. The zero-order valence-electron chi connectivity index (χ0n) is 13.2. The molecule has 2 fully saturated rings. The molecule has 138 valence electrons. The topological polar surface area (TPSA) is 149 Å². The summed E-state index contributed by atoms with van der Waals surface area (Å²) in [6.07, 6.45) is -5.74. The van der Waals surface area contributed by atoms with E-state index in [0.29, 0.717) is 0 Å². The van der Waals surface area contributed by atoms with Crippen LogP contribution in [-0.2, 0) is 14.2 Å². The average molecular weight is 348 g/mol. The Balaban J connectivity index is 1.76. The van der Waals surface area contributed by atoms with Crippen molar-refractivity contribution in [3.05, 3.63) is 12.3 Å². The molecule has 0 aromatic carbocycles. The van der Waals surface area contributed by atoms with Gasteiger partial charge in [-0.25, -0.2) is 0 Å². The van der Waals surface area contributed by atoms with Gasteiger partial charge in [0.05, 0.1) is 30.5 Å². The smallest absolute Gasteiger partial charge is 0.207 e. The molecule has 0 radical (unpaired) electrons. The van der Waals surface area contributed by atoms with Crippen LogP contribution in [0.3, 0.4) is 0 Å². The van der Waals surface area contributed by atoms with E-state index in [9.17, 15) is 30.6 Å². The minimum Gasteiger partial charge on any atom is -0.472 e. The Morgan fingerprint density at radius 1 is 1.12 bits per heavy atom. The number of ether oxygens (including phenoxy) is 3. The summed E-state index contributed by atoms with van der Waals surface area (Å²) in [6.45, 7) is 0.992. The summed E-state index contributed by atoms with van der Waals surface area (Å²) in [5, 5.41) is 59.5. The molecule has 2 aliphatic heterocycles. The van der Waals surface area contributed by atoms with Crippen LogP contribution in [0.25, 0.3) is 0 Å². The first kappa shape index (κ1) is 18.0. The molecule has 2 heterocycles. The Hall–Kier alpha value is -0.780. The molecule has 0 aromatic heterocycles. The molecule has 9 heteroatoms. The molecule has 0 amide bonds. The maximum atomic E-state index is 10.5. The van der Waals surface area contributed by atoms with Gasteiger partial charge in [-0.15, -0.1) is 0 Å². The Morgan fingerprint density at radius 3 is 2.50 bits per heavy atom. The lowest BCUT2D eigenvalue weighted by atomic mass is 9.85. The summed E-state index contributed by atoms with van der Waals surface area (Å²) in [5.74, 6) is -0.992. The van der Waals surface area contributed by atoms with Crippen molar-refractivity contribution in [3.8, 4) is 0 Å². The largest absolute Gasteiger partial charge is 0.472 e. The molecule has 3 aliphatic rings. The van der Waals surface area contributed by atoms with Crippen molar-refractivity contribution in [2.24, 2.45) is 11.8 Å². The van der Waals surface area contributed by atoms with Crippen LogP contribution in [-0.4, -0.2) is 85.9 Å². The van der Waals surface area contributed by atoms with E-state index in [1.54, 1.807) is 13.0 Å². The first-order valence-corrected chi connectivity index (χ1v) is 7.95. The monoisotopic (exact) mass is 348 g/mol. The van der Waals surface area contributed by atoms with Crippen molar-refractivity contribution in [1.82, 2.24) is 0 Å². The minimum absolute atomic E-state index is 0.143. The third-order valence-electron chi connectivity index (χ3n) is 5.12. The summed E-state index contributed by atoms with van der Waals surface area (Å²) < 4.78 is 16.3. The number of aliphatic hydroxyl groups excluding tert-OH is 5. The summed E-state index contributed by atoms with van der Waals surface area (Å²) in [7, 11) is 0. The van der Waals surface area contributed by atoms with Gasteiger partial charge in [0.1, 0.15) is 24.4 Å². The Morgan fingerprint density at radius 2 is 1.83 bits per heavy atom. The second-order valence-electron chi connectivity index (χ2n) is 6.90. The predicted molar refractivity (Wildman–Crippen MR) is 77.1 cm³/mol. The molecular formula is C15H24O9. The lowest BCUT2D eigenvalue weighted by molar-refractivity contribution is -0.346. The highest BCUT2D eigenvalue weighted by molar-refractivity contribution is 5.10. The zero-order chi connectivity index (χ0) is 17.6. The molecule has 0 unspecified atom stereocenters. The summed E-state index contributed by atoms with van der Waals surface area (Å²) in [5.41, 5.74) is -1.26. The molecule has 1 saturated carbocycles. The molecular weight excluding hydrogens is 324 g/mol. The van der Waals surface area contributed by atoms with E-state index in [-0.39, 0.29) is 12.3 Å². The van der Waals surface area contributed by atoms with Crippen LogP contribution in [0.4, 0.5) is 0 Å². The predicted octanol–water partition coefficient (Wildman–Crippen LogP) is -2.58. The molecule has 1 aliphatic carbocycles. The van der Waals surface area contributed by atoms with E-state index >= 15 is 0 Å². The lowest BCUT2D eigenvalue weighted by Crippen LogP contribution is -2.60. The van der Waals surface area contributed by atoms with Crippen molar-refractivity contribution < 1.29 is 44.8 Å². The van der Waals surface area contributed by atoms with Crippen LogP contribution >= 0.6 is 0 Å². The Kier molecular flexibility index (Phi) is 4.89. The highest BCUT2D eigenvalue weighted by Gasteiger charge is 2.56. The number of rotatable bonds is 3. The second-order valence-corrected chi connectivity index (χ2v) is 6.90. The van der Waals surface area contributed by atoms with E-state index < -0.39 is 61.2 Å². The van der Waals surface area contributed by atoms with Crippen molar-refractivity contribution >= 4 is 0 Å². The highest BCUT2D eigenvalue weighted by Crippen LogP contribution is 2.46. The van der Waals surface area contributed by atoms with Gasteiger partial charge in [-0.05, 0) is 13.0 Å². The van der Waals surface area contributed by atoms with E-state index in [1.165, 1.54) is 6.26 Å². The number of hydrogen-bond acceptors (Lipinski definition) is 9. The van der Waals surface area contributed by atoms with E-state index in [1.807, 2.05) is 0 Å². The van der Waals surface area contributed by atoms with Gasteiger partial charge >= 0.3 is 0 Å². The van der Waals surface area contributed by atoms with Crippen LogP contribution in [0, 0.1) is 11.8 Å². The molecule has 10 atom stereocenters. The van der Waals surface area contributed by atoms with Crippen LogP contribution in [0.1, 0.15) is 13.3 Å². The van der Waals surface area contributed by atoms with Crippen LogP contribution < -0.4 is 0 Å². The molecule has 0 bridgehead atoms. The highest BCUT2D eigenvalue weighted by atomic mass is 16.8. The van der Waals surface area contributed by atoms with Gasteiger partial charge in [-0.2, -0.15) is 0 Å². The fraction of sp³-hybridized carbons (Fsp3) is 0.867. The van der Waals surface area contributed by atoms with Gasteiger partial charge in [-0.1, -0.05) is 0 Å². The average Bonchev–Trinajstić information content (AvgIpc) is 2.78. The standard InChI is InChI=1S/C15H24O9/c1-15(21)4-7(17)6-2-3-22-13(9(6)15)24-14-12(20)11(19)10(18)8(5-16)23-14/h2-3,6-14,16-21H,4-5H2,1H3/t6-,7+,8-,9+,10-,11+,12-,13-,14-,15-/m0/s1. The fourth-order valence-corrected chi connectivity index (χ4v) is 3.80. The first-order chi connectivity index (χ1) is 11.3. The lowest BCUT2D eigenvalue weighted by Gasteiger charge is -2.43. The van der Waals surface area contributed by atoms with Crippen LogP contribution in [0.2, 0.25) is 0 Å². The summed E-state index contributed by atoms with van der Waals surface area (Å²) >= 11 is 0. The molecule has 0 spiro atoms. The number of fused-ring (bicyclic) bond motifs is 1. The Labute approximate surface area is 138 Å². The van der Waals surface area contributed by atoms with E-state index in [0.717, 1.165) is 0 Å². The van der Waals surface area contributed by atoms with Gasteiger partial charge in [-0.3, -0.25) is 0 Å². The van der Waals surface area contributed by atoms with Crippen molar-refractivity contribution in [3.63, 3.8) is 0 Å². The van der Waals surface area contributed by atoms with Crippen molar-refractivity contribution in [2.75, 3.05) is 6.61 Å². The van der Waals surface area contributed by atoms with Crippen molar-refractivity contribution in [2.45, 2.75) is 62.0 Å². The molecule has 3 rings (SSSR count). The van der Waals surface area contributed by atoms with Crippen molar-refractivity contribution in [1.29, 1.82) is 0 Å². The normalized spacial score (nSPS) is 54.4. The van der Waals surface area contributed by atoms with Gasteiger partial charge in [0.25, 0.3) is 0 Å². The van der Waals surface area contributed by atoms with Crippen LogP contribution in [0.15, 0.2) is 12.3 Å². The summed E-state index contributed by atoms with van der Waals surface area (Å²) in [4.78, 5) is 0. The molecule has 24 heavy (non-hydrogen) atoms. The fourth-order valence-electron chi connectivity index (χ4n) is 3.80. The summed E-state index contributed by atoms with van der Waals surface area (Å²) in [6, 6.07) is 0. The van der Waals surface area contributed by atoms with Gasteiger partial charge in [0, 0.05) is 12.3 Å². The van der Waals surface area contributed by atoms with Gasteiger partial charge in [0.15, 0.2) is 6.29 Å². The van der Waals surface area contributed by atoms with E-state index in [4.69, 9.17) is 14.2 Å². The number of aliphatic hydroxyl groups is 6. The molecule has 1 saturated heterocycles. The van der Waals surface area contributed by atoms with Gasteiger partial charge < -0.3 is 44.8 Å². The zero-order valence-corrected chi connectivity index (χ0v) is 13.2. The van der Waals surface area contributed by atoms with E-state index in [2.05, 4.69) is 0 Å². The third-order valence-corrected chi connectivity index (χ3v) is 5.12. The molecule has 9 nitrogen and oxygen atoms in total.